The second-order valence-electron chi connectivity index (χ2n) is 35.8. The first-order valence-electron chi connectivity index (χ1n) is 44.8. The molecule has 0 amide bonds. The van der Waals surface area contributed by atoms with E-state index in [4.69, 9.17) is 58.1 Å². The number of para-hydroxylation sites is 1. The van der Waals surface area contributed by atoms with Crippen LogP contribution in [0.1, 0.15) is 74.9 Å². The Morgan fingerprint density at radius 1 is 0.159 bits per heavy atom. The summed E-state index contributed by atoms with van der Waals surface area (Å²) in [5.74, 6) is 5.87. The zero-order valence-corrected chi connectivity index (χ0v) is 73.3. The van der Waals surface area contributed by atoms with E-state index in [0.717, 1.165) is 127 Å². The van der Waals surface area contributed by atoms with E-state index >= 15 is 0 Å². The Morgan fingerprint density at radius 3 is 0.856 bits per heavy atom. The minimum atomic E-state index is -0.190. The lowest BCUT2D eigenvalue weighted by Crippen LogP contribution is -2.14. The number of nitrogens with zero attached hydrogens (tertiary/aromatic N) is 9. The molecule has 0 saturated heterocycles. The van der Waals surface area contributed by atoms with Crippen LogP contribution in [0.3, 0.4) is 0 Å². The average Bonchev–Trinajstić information content (AvgIpc) is 1.54. The van der Waals surface area contributed by atoms with Gasteiger partial charge in [-0.15, -0.1) is 0 Å². The van der Waals surface area contributed by atoms with Gasteiger partial charge in [-0.1, -0.05) is 381 Å². The lowest BCUT2D eigenvalue weighted by Gasteiger charge is -2.21. The second-order valence-corrected chi connectivity index (χ2v) is 35.8. The van der Waals surface area contributed by atoms with E-state index in [2.05, 4.69) is 242 Å². The van der Waals surface area contributed by atoms with Gasteiger partial charge in [0.05, 0.1) is 0 Å². The normalized spacial score (nSPS) is 13.3. The number of hydrogen-bond donors (Lipinski definition) is 0. The quantitative estimate of drug-likeness (QED) is 0.121. The number of rotatable bonds is 11. The molecule has 0 aliphatic heterocycles. The molecule has 12 nitrogen and oxygen atoms in total. The van der Waals surface area contributed by atoms with Gasteiger partial charge in [0.15, 0.2) is 52.4 Å². The van der Waals surface area contributed by atoms with Crippen molar-refractivity contribution in [1.82, 2.24) is 44.9 Å². The third-order valence-corrected chi connectivity index (χ3v) is 26.8. The molecule has 0 fully saturated rings. The van der Waals surface area contributed by atoms with Crippen LogP contribution >= 0.6 is 0 Å². The number of hydrogen-bond acceptors (Lipinski definition) is 12. The van der Waals surface area contributed by atoms with Gasteiger partial charge < -0.3 is 13.3 Å². The first-order chi connectivity index (χ1) is 64.7. The lowest BCUT2D eigenvalue weighted by molar-refractivity contribution is 0.656. The summed E-state index contributed by atoms with van der Waals surface area (Å²) in [4.78, 5) is 44.4. The van der Waals surface area contributed by atoms with Crippen molar-refractivity contribution in [3.63, 3.8) is 0 Å². The highest BCUT2D eigenvalue weighted by molar-refractivity contribution is 6.19. The van der Waals surface area contributed by atoms with Crippen molar-refractivity contribution in [2.24, 2.45) is 0 Å². The van der Waals surface area contributed by atoms with Crippen LogP contribution in [-0.2, 0) is 16.2 Å². The number of fused-ring (bicyclic) bond motifs is 21. The highest BCUT2D eigenvalue weighted by Crippen LogP contribution is 2.58. The first-order valence-corrected chi connectivity index (χ1v) is 44.8. The topological polar surface area (TPSA) is 155 Å². The van der Waals surface area contributed by atoms with Crippen molar-refractivity contribution in [3.8, 4) is 158 Å². The van der Waals surface area contributed by atoms with Crippen LogP contribution < -0.4 is 0 Å². The van der Waals surface area contributed by atoms with Gasteiger partial charge in [-0.3, -0.25) is 0 Å². The monoisotopic (exact) mass is 1700 g/mol. The van der Waals surface area contributed by atoms with Gasteiger partial charge in [-0.25, -0.2) is 44.9 Å². The predicted molar refractivity (Wildman–Crippen MR) is 534 cm³/mol. The van der Waals surface area contributed by atoms with Gasteiger partial charge in [-0.2, -0.15) is 0 Å². The van der Waals surface area contributed by atoms with Crippen LogP contribution in [0.15, 0.2) is 408 Å². The number of aromatic nitrogens is 9. The fourth-order valence-electron chi connectivity index (χ4n) is 20.2. The van der Waals surface area contributed by atoms with E-state index in [1.54, 1.807) is 0 Å². The van der Waals surface area contributed by atoms with Crippen LogP contribution in [0.25, 0.3) is 224 Å². The Balaban J connectivity index is 0.000000110. The highest BCUT2D eigenvalue weighted by Gasteiger charge is 2.42. The van der Waals surface area contributed by atoms with Crippen molar-refractivity contribution in [3.05, 3.63) is 428 Å². The minimum Gasteiger partial charge on any atom is -0.456 e. The fraction of sp³-hybridized carbons (Fsp3) is 0.0750. The van der Waals surface area contributed by atoms with Crippen molar-refractivity contribution in [2.45, 2.75) is 57.8 Å². The van der Waals surface area contributed by atoms with Crippen LogP contribution in [0, 0.1) is 0 Å². The summed E-state index contributed by atoms with van der Waals surface area (Å²) < 4.78 is 19.4. The van der Waals surface area contributed by atoms with E-state index in [1.807, 2.05) is 194 Å². The van der Waals surface area contributed by atoms with Crippen LogP contribution in [-0.4, -0.2) is 44.9 Å². The van der Waals surface area contributed by atoms with E-state index in [9.17, 15) is 0 Å². The number of furan rings is 3. The molecule has 6 heterocycles. The molecule has 0 spiro atoms. The van der Waals surface area contributed by atoms with Gasteiger partial charge in [-0.05, 0) is 144 Å². The summed E-state index contributed by atoms with van der Waals surface area (Å²) in [6.45, 7) is 13.9. The molecule has 23 aromatic rings. The van der Waals surface area contributed by atoms with E-state index in [1.165, 1.54) is 77.5 Å². The first kappa shape index (κ1) is 78.6. The van der Waals surface area contributed by atoms with Crippen molar-refractivity contribution >= 4 is 65.8 Å². The molecule has 6 aromatic heterocycles. The summed E-state index contributed by atoms with van der Waals surface area (Å²) in [6.07, 6.45) is 0. The summed E-state index contributed by atoms with van der Waals surface area (Å²) in [5, 5.41) is 6.94. The maximum atomic E-state index is 6.53. The molecule has 3 aliphatic carbocycles. The Bertz CT molecular complexity index is 8350. The molecule has 0 N–H and O–H groups in total. The lowest BCUT2D eigenvalue weighted by atomic mass is 9.82. The highest BCUT2D eigenvalue weighted by atomic mass is 16.3. The van der Waals surface area contributed by atoms with Crippen LogP contribution in [0.2, 0.25) is 0 Å². The molecular weight excluding hydrogens is 1620 g/mol. The van der Waals surface area contributed by atoms with Crippen LogP contribution in [0.4, 0.5) is 0 Å². The van der Waals surface area contributed by atoms with Gasteiger partial charge >= 0.3 is 0 Å². The molecule has 12 heteroatoms. The molecule has 17 aromatic carbocycles. The zero-order valence-electron chi connectivity index (χ0n) is 73.3. The third-order valence-electron chi connectivity index (χ3n) is 26.8. The summed E-state index contributed by atoms with van der Waals surface area (Å²) in [6, 6.07) is 136. The zero-order chi connectivity index (χ0) is 88.5. The number of benzene rings is 17. The fourth-order valence-corrected chi connectivity index (χ4v) is 20.2. The van der Waals surface area contributed by atoms with E-state index in [-0.39, 0.29) is 16.2 Å². The van der Waals surface area contributed by atoms with Crippen molar-refractivity contribution in [1.29, 1.82) is 0 Å². The molecule has 0 radical (unpaired) electrons. The minimum absolute atomic E-state index is 0.0480. The Hall–Kier alpha value is -16.8. The standard InChI is InChI=1S/2C42H29N3O.C36H25N3O/c1-42(2)33-19-10-9-18-31(33)37-34(42)22-23-35-38(37)32-21-20-29(25-36(32)46-35)28-16-11-17-30(24-28)41-44-39(26-12-5-3-6-13-26)43-40(45-41)27-14-7-4-8-15-27;1-42(2)33-16-10-9-15-31(33)37-34(42)23-24-35-38(37)32-22-21-30(25-36(32)46-35)26-17-19-29(20-18-26)41-44-39(27-11-5-3-6-12-27)43-40(45-41)28-13-7-4-8-14-28;1-36(2)26-18-11-17-25(30(26)32-27(36)20-21-29-31(32)24-16-9-10-19-28(24)40-29)35-38-33(22-12-5-3-6-13-22)37-34(39-35)23-14-7-4-8-15-23/h2*3-25H,1-2H3;3-21H,1-2H3. The molecule has 3 aliphatic rings. The molecule has 626 valence electrons. The SMILES string of the molecule is CC1(C)c2cccc(-c3nc(-c4ccccc4)nc(-c4ccccc4)n3)c2-c2c1ccc1oc3ccccc3c21.CC1(C)c2ccccc2-c2c1ccc1oc3cc(-c4ccc(-c5nc(-c6ccccc6)nc(-c6ccccc6)n5)cc4)ccc3c21.CC1(C)c2ccccc2-c2c1ccc1oc3cc(-c4cccc(-c5nc(-c6ccccc6)nc(-c6ccccc6)n5)c4)ccc3c21. The molecule has 26 rings (SSSR count). The smallest absolute Gasteiger partial charge is 0.164 e. The summed E-state index contributed by atoms with van der Waals surface area (Å²) in [7, 11) is 0. The van der Waals surface area contributed by atoms with E-state index < -0.39 is 0 Å². The van der Waals surface area contributed by atoms with Gasteiger partial charge in [0.25, 0.3) is 0 Å². The largest absolute Gasteiger partial charge is 0.456 e. The van der Waals surface area contributed by atoms with Crippen molar-refractivity contribution < 1.29 is 13.3 Å². The second kappa shape index (κ2) is 31.3. The van der Waals surface area contributed by atoms with Crippen LogP contribution in [0.5, 0.6) is 0 Å². The molecule has 0 unspecified atom stereocenters. The average molecular weight is 1700 g/mol. The third kappa shape index (κ3) is 13.3. The van der Waals surface area contributed by atoms with Gasteiger partial charge in [0.1, 0.15) is 33.5 Å². The predicted octanol–water partition coefficient (Wildman–Crippen LogP) is 30.6. The summed E-state index contributed by atoms with van der Waals surface area (Å²) in [5.41, 5.74) is 33.6. The van der Waals surface area contributed by atoms with Gasteiger partial charge in [0.2, 0.25) is 0 Å². The molecule has 0 bridgehead atoms. The molecule has 0 saturated carbocycles. The molecule has 132 heavy (non-hydrogen) atoms. The Morgan fingerprint density at radius 2 is 0.424 bits per heavy atom. The maximum absolute atomic E-state index is 6.53. The molecular formula is C120H83N9O3. The molecule has 0 atom stereocenters. The Labute approximate surface area is 762 Å². The maximum Gasteiger partial charge on any atom is 0.164 e. The summed E-state index contributed by atoms with van der Waals surface area (Å²) >= 11 is 0. The van der Waals surface area contributed by atoms with Gasteiger partial charge in [0, 0.05) is 98.6 Å². The Kier molecular flexibility index (Phi) is 18.6. The van der Waals surface area contributed by atoms with Crippen molar-refractivity contribution in [2.75, 3.05) is 0 Å². The van der Waals surface area contributed by atoms with E-state index in [0.29, 0.717) is 52.4 Å².